The molecular weight excluding hydrogens is 266 g/mol. The number of rotatable bonds is 1. The van der Waals surface area contributed by atoms with Crippen LogP contribution >= 0.6 is 27.7 Å². The molecule has 1 aromatic heterocycles. The van der Waals surface area contributed by atoms with E-state index >= 15 is 0 Å². The van der Waals surface area contributed by atoms with E-state index in [2.05, 4.69) is 29.7 Å². The Morgan fingerprint density at radius 1 is 1.43 bits per heavy atom. The van der Waals surface area contributed by atoms with Crippen LogP contribution < -0.4 is 5.11 Å². The molecule has 72 valence electrons. The Balaban J connectivity index is 2.79. The van der Waals surface area contributed by atoms with E-state index in [0.29, 0.717) is 16.6 Å². The Bertz CT molecular complexity index is 508. The Labute approximate surface area is 92.8 Å². The second-order valence-electron chi connectivity index (χ2n) is 2.59. The first-order chi connectivity index (χ1) is 6.74. The van der Waals surface area contributed by atoms with Crippen LogP contribution in [0.2, 0.25) is 0 Å². The van der Waals surface area contributed by atoms with Crippen LogP contribution in [0.25, 0.3) is 11.0 Å². The SMILES string of the molecule is CN=C([O-])c1ccc(Br)c2nsnc12. The van der Waals surface area contributed by atoms with Crippen LogP contribution in [-0.4, -0.2) is 21.7 Å². The third-order valence-corrected chi connectivity index (χ3v) is 2.97. The molecule has 2 aromatic rings. The van der Waals surface area contributed by atoms with Gasteiger partial charge in [-0.1, -0.05) is 6.07 Å². The summed E-state index contributed by atoms with van der Waals surface area (Å²) in [5.74, 6) is -0.268. The molecule has 4 nitrogen and oxygen atoms in total. The zero-order chi connectivity index (χ0) is 10.1. The lowest BCUT2D eigenvalue weighted by molar-refractivity contribution is -0.212. The van der Waals surface area contributed by atoms with Crippen LogP contribution in [0.15, 0.2) is 21.6 Å². The molecule has 1 aromatic carbocycles. The van der Waals surface area contributed by atoms with Crippen molar-refractivity contribution in [3.05, 3.63) is 22.2 Å². The third-order valence-electron chi connectivity index (χ3n) is 1.80. The average Bonchev–Trinajstić information content (AvgIpc) is 2.67. The highest BCUT2D eigenvalue weighted by Crippen LogP contribution is 2.24. The molecule has 2 rings (SSSR count). The van der Waals surface area contributed by atoms with Crippen molar-refractivity contribution in [3.63, 3.8) is 0 Å². The molecule has 0 radical (unpaired) electrons. The second-order valence-corrected chi connectivity index (χ2v) is 3.97. The standard InChI is InChI=1S/C8H6BrN3OS/c1-10-8(13)4-2-3-5(9)7-6(4)11-14-12-7/h2-3H,1H3,(H,10,13)/p-1. The lowest BCUT2D eigenvalue weighted by atomic mass is 10.2. The monoisotopic (exact) mass is 270 g/mol. The molecule has 0 N–H and O–H groups in total. The van der Waals surface area contributed by atoms with Crippen molar-refractivity contribution in [3.8, 4) is 0 Å². The highest BCUT2D eigenvalue weighted by molar-refractivity contribution is 9.10. The maximum absolute atomic E-state index is 11.4. The fraction of sp³-hybridized carbons (Fsp3) is 0.125. The molecular formula is C8H5BrN3OS-. The highest BCUT2D eigenvalue weighted by Gasteiger charge is 2.07. The molecule has 6 heteroatoms. The van der Waals surface area contributed by atoms with Crippen LogP contribution in [0, 0.1) is 0 Å². The first-order valence-corrected chi connectivity index (χ1v) is 5.31. The predicted octanol–water partition coefficient (Wildman–Crippen LogP) is 1.19. The number of benzene rings is 1. The van der Waals surface area contributed by atoms with E-state index < -0.39 is 0 Å². The van der Waals surface area contributed by atoms with Gasteiger partial charge in [-0.3, -0.25) is 0 Å². The number of hydrogen-bond acceptors (Lipinski definition) is 5. The second kappa shape index (κ2) is 3.62. The van der Waals surface area contributed by atoms with Crippen LogP contribution in [0.5, 0.6) is 0 Å². The summed E-state index contributed by atoms with van der Waals surface area (Å²) in [6.07, 6.45) is 0. The summed E-state index contributed by atoms with van der Waals surface area (Å²) in [7, 11) is 1.47. The Morgan fingerprint density at radius 2 is 2.14 bits per heavy atom. The summed E-state index contributed by atoms with van der Waals surface area (Å²) < 4.78 is 9.00. The Morgan fingerprint density at radius 3 is 2.86 bits per heavy atom. The fourth-order valence-corrected chi connectivity index (χ4v) is 2.23. The van der Waals surface area contributed by atoms with E-state index in [9.17, 15) is 5.11 Å². The minimum absolute atomic E-state index is 0.268. The molecule has 1 heterocycles. The topological polar surface area (TPSA) is 61.2 Å². The van der Waals surface area contributed by atoms with Crippen molar-refractivity contribution < 1.29 is 5.11 Å². The minimum Gasteiger partial charge on any atom is -0.858 e. The van der Waals surface area contributed by atoms with Crippen LogP contribution in [0.1, 0.15) is 5.56 Å². The fourth-order valence-electron chi connectivity index (χ4n) is 1.13. The molecule has 14 heavy (non-hydrogen) atoms. The van der Waals surface area contributed by atoms with Gasteiger partial charge < -0.3 is 10.1 Å². The number of nitrogens with zero attached hydrogens (tertiary/aromatic N) is 3. The Kier molecular flexibility index (Phi) is 2.47. The lowest BCUT2D eigenvalue weighted by Gasteiger charge is -2.09. The van der Waals surface area contributed by atoms with Gasteiger partial charge in [-0.25, -0.2) is 0 Å². The number of halogens is 1. The van der Waals surface area contributed by atoms with Crippen molar-refractivity contribution in [2.45, 2.75) is 0 Å². The van der Waals surface area contributed by atoms with Crippen molar-refractivity contribution in [1.82, 2.24) is 8.75 Å². The van der Waals surface area contributed by atoms with E-state index in [1.165, 1.54) is 7.05 Å². The van der Waals surface area contributed by atoms with Gasteiger partial charge in [-0.05, 0) is 27.9 Å². The van der Waals surface area contributed by atoms with E-state index in [4.69, 9.17) is 0 Å². The summed E-state index contributed by atoms with van der Waals surface area (Å²) in [6, 6.07) is 3.48. The molecule has 0 amide bonds. The quantitative estimate of drug-likeness (QED) is 0.578. The van der Waals surface area contributed by atoms with Gasteiger partial charge >= 0.3 is 0 Å². The molecule has 0 saturated carbocycles. The smallest absolute Gasteiger partial charge is 0.119 e. The van der Waals surface area contributed by atoms with Crippen molar-refractivity contribution in [2.75, 3.05) is 7.05 Å². The zero-order valence-electron chi connectivity index (χ0n) is 7.19. The van der Waals surface area contributed by atoms with E-state index in [0.717, 1.165) is 16.2 Å². The lowest BCUT2D eigenvalue weighted by Crippen LogP contribution is -2.18. The van der Waals surface area contributed by atoms with Crippen LogP contribution in [0.4, 0.5) is 0 Å². The van der Waals surface area contributed by atoms with Crippen LogP contribution in [0.3, 0.4) is 0 Å². The summed E-state index contributed by atoms with van der Waals surface area (Å²) in [6.45, 7) is 0. The van der Waals surface area contributed by atoms with E-state index in [1.807, 2.05) is 0 Å². The maximum Gasteiger partial charge on any atom is 0.119 e. The van der Waals surface area contributed by atoms with Crippen LogP contribution in [-0.2, 0) is 0 Å². The minimum atomic E-state index is -0.268. The van der Waals surface area contributed by atoms with Gasteiger partial charge in [-0.15, -0.1) is 0 Å². The molecule has 0 fully saturated rings. The molecule has 0 aliphatic rings. The predicted molar refractivity (Wildman–Crippen MR) is 57.6 cm³/mol. The normalized spacial score (nSPS) is 12.3. The van der Waals surface area contributed by atoms with Gasteiger partial charge in [0.05, 0.1) is 11.7 Å². The van der Waals surface area contributed by atoms with Crippen molar-refractivity contribution in [1.29, 1.82) is 0 Å². The highest BCUT2D eigenvalue weighted by atomic mass is 79.9. The molecule has 0 atom stereocenters. The first kappa shape index (κ1) is 9.54. The Hall–Kier alpha value is -1.01. The van der Waals surface area contributed by atoms with Gasteiger partial charge in [-0.2, -0.15) is 8.75 Å². The summed E-state index contributed by atoms with van der Waals surface area (Å²) in [5, 5.41) is 11.4. The van der Waals surface area contributed by atoms with Gasteiger partial charge in [0.25, 0.3) is 0 Å². The summed E-state index contributed by atoms with van der Waals surface area (Å²) >= 11 is 4.43. The van der Waals surface area contributed by atoms with E-state index in [1.54, 1.807) is 12.1 Å². The van der Waals surface area contributed by atoms with Crippen molar-refractivity contribution in [2.24, 2.45) is 4.99 Å². The average molecular weight is 271 g/mol. The van der Waals surface area contributed by atoms with Gasteiger partial charge in [0.2, 0.25) is 0 Å². The number of hydrogen-bond donors (Lipinski definition) is 0. The molecule has 0 bridgehead atoms. The maximum atomic E-state index is 11.4. The molecule has 0 unspecified atom stereocenters. The number of fused-ring (bicyclic) bond motifs is 1. The van der Waals surface area contributed by atoms with Gasteiger partial charge in [0.1, 0.15) is 11.0 Å². The molecule has 0 saturated heterocycles. The molecule has 0 aliphatic carbocycles. The van der Waals surface area contributed by atoms with Gasteiger partial charge in [0, 0.05) is 17.1 Å². The number of aliphatic imine (C=N–C) groups is 1. The summed E-state index contributed by atoms with van der Waals surface area (Å²) in [5.41, 5.74) is 1.82. The first-order valence-electron chi connectivity index (χ1n) is 3.79. The molecule has 0 spiro atoms. The van der Waals surface area contributed by atoms with Gasteiger partial charge in [0.15, 0.2) is 0 Å². The van der Waals surface area contributed by atoms with E-state index in [-0.39, 0.29) is 5.90 Å². The largest absolute Gasteiger partial charge is 0.858 e. The van der Waals surface area contributed by atoms with Crippen molar-refractivity contribution >= 4 is 44.6 Å². The zero-order valence-corrected chi connectivity index (χ0v) is 9.59. The third kappa shape index (κ3) is 1.40. The number of aromatic nitrogens is 2. The summed E-state index contributed by atoms with van der Waals surface area (Å²) in [4.78, 5) is 3.60. The molecule has 0 aliphatic heterocycles.